The highest BCUT2D eigenvalue weighted by atomic mass is 35.5. The van der Waals surface area contributed by atoms with Crippen LogP contribution in [-0.2, 0) is 30.7 Å². The Bertz CT molecular complexity index is 2040. The second kappa shape index (κ2) is 18.0. The van der Waals surface area contributed by atoms with E-state index in [9.17, 15) is 36.8 Å². The van der Waals surface area contributed by atoms with Crippen LogP contribution in [0.25, 0.3) is 0 Å². The van der Waals surface area contributed by atoms with E-state index < -0.39 is 51.3 Å². The number of sulfonamides is 1. The van der Waals surface area contributed by atoms with Gasteiger partial charge in [-0.05, 0) is 94.2 Å². The van der Waals surface area contributed by atoms with Crippen molar-refractivity contribution in [2.45, 2.75) is 71.2 Å². The van der Waals surface area contributed by atoms with Crippen molar-refractivity contribution in [1.82, 2.24) is 0 Å². The number of halogens is 4. The number of thioether (sulfide) groups is 1. The SMILES string of the molecule is CC(C)(C)OC(=O)N(c1ccc(C(=O)SCC(=O)OC(Cc2c(Cl)c[n+]([O-])cc2Cl)c2ccc(OC(F)F)c(OCC3CC3)c2)cc1OCC1CC1)S(C)(=O)=O. The fraction of sp³-hybridized carbons (Fsp3) is 0.459. The van der Waals surface area contributed by atoms with E-state index in [1.807, 2.05) is 0 Å². The molecule has 2 aliphatic rings. The molecular formula is C37H40Cl2F2N2O11S2. The number of carbonyl (C=O) groups is 3. The molecule has 56 heavy (non-hydrogen) atoms. The number of carbonyl (C=O) groups excluding carboxylic acids is 3. The molecule has 3 aromatic rings. The molecule has 2 aliphatic carbocycles. The fourth-order valence-electron chi connectivity index (χ4n) is 5.19. The first-order chi connectivity index (χ1) is 26.3. The van der Waals surface area contributed by atoms with Crippen LogP contribution in [0.1, 0.15) is 74.0 Å². The summed E-state index contributed by atoms with van der Waals surface area (Å²) in [5.74, 6) is -1.16. The standard InChI is InChI=1S/C37H40Cl2F2N2O11S2/c1-37(2,3)54-36(46)43(56(4,48)49)28-11-9-24(14-31(28)50-18-21-5-6-21)34(45)55-20-33(44)52-30(15-25-26(38)16-42(47)17-27(25)39)23-10-12-29(53-35(40)41)32(13-23)51-19-22-7-8-22/h9-14,16-17,21-22,30,35H,5-8,15,18-20H2,1-4H3. The molecular weight excluding hydrogens is 821 g/mol. The Morgan fingerprint density at radius 3 is 2.11 bits per heavy atom. The average molecular weight is 862 g/mol. The minimum atomic E-state index is -4.22. The number of hydrogen-bond acceptors (Lipinski definition) is 12. The molecule has 0 aliphatic heterocycles. The molecule has 2 aromatic carbocycles. The number of benzene rings is 2. The smallest absolute Gasteiger partial charge is 0.429 e. The van der Waals surface area contributed by atoms with Gasteiger partial charge in [0.2, 0.25) is 15.1 Å². The van der Waals surface area contributed by atoms with E-state index in [1.54, 1.807) is 20.8 Å². The number of ether oxygens (including phenoxy) is 5. The Balaban J connectivity index is 1.37. The zero-order valence-corrected chi connectivity index (χ0v) is 33.9. The Morgan fingerprint density at radius 2 is 1.55 bits per heavy atom. The van der Waals surface area contributed by atoms with Gasteiger partial charge in [0.05, 0.1) is 25.2 Å². The summed E-state index contributed by atoms with van der Waals surface area (Å²) in [6, 6.07) is 7.88. The molecule has 304 valence electrons. The van der Waals surface area contributed by atoms with E-state index in [4.69, 9.17) is 42.1 Å². The summed E-state index contributed by atoms with van der Waals surface area (Å²) in [5.41, 5.74) is -0.595. The Morgan fingerprint density at radius 1 is 0.946 bits per heavy atom. The summed E-state index contributed by atoms with van der Waals surface area (Å²) in [7, 11) is -4.22. The topological polar surface area (TPSA) is 162 Å². The number of hydrogen-bond donors (Lipinski definition) is 0. The summed E-state index contributed by atoms with van der Waals surface area (Å²) in [6.45, 7) is 2.09. The van der Waals surface area contributed by atoms with Crippen LogP contribution in [0, 0.1) is 17.0 Å². The molecule has 0 bridgehead atoms. The van der Waals surface area contributed by atoms with E-state index in [-0.39, 0.29) is 75.6 Å². The molecule has 0 N–H and O–H groups in total. The van der Waals surface area contributed by atoms with Crippen molar-refractivity contribution < 1.29 is 60.0 Å². The lowest BCUT2D eigenvalue weighted by atomic mass is 10.0. The Kier molecular flexibility index (Phi) is 13.9. The lowest BCUT2D eigenvalue weighted by Gasteiger charge is -2.27. The summed E-state index contributed by atoms with van der Waals surface area (Å²) in [6.07, 6.45) is 4.15. The van der Waals surface area contributed by atoms with Gasteiger partial charge in [-0.2, -0.15) is 17.8 Å². The number of pyridine rings is 1. The molecule has 5 rings (SSSR count). The molecule has 0 saturated heterocycles. The van der Waals surface area contributed by atoms with Crippen LogP contribution in [0.15, 0.2) is 48.8 Å². The molecule has 0 radical (unpaired) electrons. The van der Waals surface area contributed by atoms with Crippen molar-refractivity contribution in [2.75, 3.05) is 29.5 Å². The average Bonchev–Trinajstić information content (AvgIpc) is 4.02. The van der Waals surface area contributed by atoms with Crippen LogP contribution >= 0.6 is 35.0 Å². The van der Waals surface area contributed by atoms with Crippen molar-refractivity contribution >= 4 is 67.9 Å². The third kappa shape index (κ3) is 12.5. The predicted octanol–water partition coefficient (Wildman–Crippen LogP) is 7.91. The van der Waals surface area contributed by atoms with Crippen molar-refractivity contribution in [2.24, 2.45) is 11.8 Å². The van der Waals surface area contributed by atoms with Gasteiger partial charge in [0.15, 0.2) is 23.9 Å². The number of anilines is 1. The quantitative estimate of drug-likeness (QED) is 0.0734. The van der Waals surface area contributed by atoms with Crippen LogP contribution in [-0.4, -0.2) is 63.0 Å². The second-order valence-electron chi connectivity index (χ2n) is 14.3. The summed E-state index contributed by atoms with van der Waals surface area (Å²) < 4.78 is 80.5. The number of nitrogens with zero attached hydrogens (tertiary/aromatic N) is 2. The normalized spacial score (nSPS) is 14.9. The van der Waals surface area contributed by atoms with Gasteiger partial charge in [0.1, 0.15) is 33.2 Å². The third-order valence-electron chi connectivity index (χ3n) is 8.25. The van der Waals surface area contributed by atoms with Crippen LogP contribution in [0.4, 0.5) is 19.3 Å². The Labute approximate surface area is 337 Å². The maximum absolute atomic E-state index is 13.4. The molecule has 1 amide bonds. The predicted molar refractivity (Wildman–Crippen MR) is 204 cm³/mol. The van der Waals surface area contributed by atoms with Crippen LogP contribution in [0.5, 0.6) is 17.2 Å². The Hall–Kier alpha value is -4.06. The lowest BCUT2D eigenvalue weighted by Crippen LogP contribution is -2.40. The zero-order valence-electron chi connectivity index (χ0n) is 30.8. The summed E-state index contributed by atoms with van der Waals surface area (Å²) in [4.78, 5) is 39.9. The first-order valence-corrected chi connectivity index (χ1v) is 21.0. The molecule has 13 nitrogen and oxygen atoms in total. The van der Waals surface area contributed by atoms with E-state index in [2.05, 4.69) is 4.74 Å². The molecule has 2 fully saturated rings. The summed E-state index contributed by atoms with van der Waals surface area (Å²) >= 11 is 13.3. The highest BCUT2D eigenvalue weighted by molar-refractivity contribution is 8.14. The molecule has 1 aromatic heterocycles. The maximum Gasteiger partial charge on any atom is 0.429 e. The zero-order chi connectivity index (χ0) is 40.9. The number of aromatic nitrogens is 1. The maximum atomic E-state index is 13.4. The highest BCUT2D eigenvalue weighted by Gasteiger charge is 2.34. The first-order valence-electron chi connectivity index (χ1n) is 17.4. The molecule has 0 spiro atoms. The van der Waals surface area contributed by atoms with Gasteiger partial charge < -0.3 is 28.9 Å². The van der Waals surface area contributed by atoms with Crippen molar-refractivity contribution in [3.05, 3.63) is 80.7 Å². The van der Waals surface area contributed by atoms with Gasteiger partial charge in [-0.15, -0.1) is 0 Å². The van der Waals surface area contributed by atoms with Gasteiger partial charge in [-0.25, -0.2) is 13.2 Å². The minimum Gasteiger partial charge on any atom is -0.619 e. The lowest BCUT2D eigenvalue weighted by molar-refractivity contribution is -0.605. The van der Waals surface area contributed by atoms with Gasteiger partial charge in [-0.3, -0.25) is 9.59 Å². The highest BCUT2D eigenvalue weighted by Crippen LogP contribution is 2.39. The molecule has 19 heteroatoms. The van der Waals surface area contributed by atoms with Gasteiger partial charge in [0, 0.05) is 17.5 Å². The van der Waals surface area contributed by atoms with Crippen molar-refractivity contribution in [1.29, 1.82) is 0 Å². The monoisotopic (exact) mass is 860 g/mol. The number of amides is 1. The number of alkyl halides is 2. The van der Waals surface area contributed by atoms with Gasteiger partial charge in [-0.1, -0.05) is 41.0 Å². The van der Waals surface area contributed by atoms with Crippen molar-refractivity contribution in [3.63, 3.8) is 0 Å². The van der Waals surface area contributed by atoms with Crippen LogP contribution in [0.3, 0.4) is 0 Å². The largest absolute Gasteiger partial charge is 0.619 e. The summed E-state index contributed by atoms with van der Waals surface area (Å²) in [5, 5.41) is 11.3. The molecule has 1 heterocycles. The van der Waals surface area contributed by atoms with E-state index in [1.165, 1.54) is 36.4 Å². The van der Waals surface area contributed by atoms with Gasteiger partial charge >= 0.3 is 18.7 Å². The first kappa shape index (κ1) is 43.1. The second-order valence-corrected chi connectivity index (χ2v) is 17.9. The molecule has 1 unspecified atom stereocenters. The number of esters is 1. The van der Waals surface area contributed by atoms with E-state index >= 15 is 0 Å². The van der Waals surface area contributed by atoms with Crippen molar-refractivity contribution in [3.8, 4) is 17.2 Å². The van der Waals surface area contributed by atoms with E-state index in [0.29, 0.717) is 26.4 Å². The van der Waals surface area contributed by atoms with Crippen LogP contribution in [0.2, 0.25) is 10.0 Å². The van der Waals surface area contributed by atoms with Crippen LogP contribution < -0.4 is 23.2 Å². The van der Waals surface area contributed by atoms with E-state index in [0.717, 1.165) is 44.3 Å². The molecule has 1 atom stereocenters. The molecule has 2 saturated carbocycles. The fourth-order valence-corrected chi connectivity index (χ4v) is 7.22. The third-order valence-corrected chi connectivity index (χ3v) is 10.8. The van der Waals surface area contributed by atoms with Gasteiger partial charge in [0.25, 0.3) is 0 Å². The number of rotatable bonds is 17. The minimum absolute atomic E-state index is 0.00720.